The molecule has 1 aliphatic rings. The first-order valence-electron chi connectivity index (χ1n) is 7.00. The summed E-state index contributed by atoms with van der Waals surface area (Å²) < 4.78 is 1.53. The van der Waals surface area contributed by atoms with Crippen LogP contribution in [0.25, 0.3) is 0 Å². The van der Waals surface area contributed by atoms with Crippen molar-refractivity contribution in [3.63, 3.8) is 0 Å². The van der Waals surface area contributed by atoms with Crippen LogP contribution in [-0.4, -0.2) is 42.3 Å². The molecule has 0 bridgehead atoms. The SMILES string of the molecule is CC1=C(C)C(C)(C)[C]([Ti])=C1C.CNC.CNC.CNC. The topological polar surface area (TPSA) is 36.1 Å². The Bertz CT molecular complexity index is 274. The summed E-state index contributed by atoms with van der Waals surface area (Å²) in [6.07, 6.45) is 0. The van der Waals surface area contributed by atoms with E-state index in [1.807, 2.05) is 42.3 Å². The number of rotatable bonds is 0. The van der Waals surface area contributed by atoms with E-state index in [-0.39, 0.29) is 0 Å². The number of hydrogen-bond donors (Lipinski definition) is 3. The minimum Gasteiger partial charge on any atom is -0.323 e. The van der Waals surface area contributed by atoms with E-state index in [1.165, 1.54) is 20.6 Å². The third-order valence-electron chi connectivity index (χ3n) is 3.06. The molecule has 0 unspecified atom stereocenters. The Morgan fingerprint density at radius 3 is 1.00 bits per heavy atom. The fourth-order valence-electron chi connectivity index (χ4n) is 1.59. The van der Waals surface area contributed by atoms with Gasteiger partial charge in [0.2, 0.25) is 0 Å². The maximum absolute atomic E-state index is 2.75. The Morgan fingerprint density at radius 2 is 0.950 bits per heavy atom. The minimum absolute atomic E-state index is 0.314. The molecule has 3 N–H and O–H groups in total. The number of nitrogens with one attached hydrogen (secondary N) is 3. The van der Waals surface area contributed by atoms with Crippen molar-refractivity contribution in [2.24, 2.45) is 5.41 Å². The van der Waals surface area contributed by atoms with Crippen molar-refractivity contribution >= 4 is 0 Å². The van der Waals surface area contributed by atoms with Crippen LogP contribution in [0.4, 0.5) is 0 Å². The molecule has 0 amide bonds. The van der Waals surface area contributed by atoms with Gasteiger partial charge in [-0.15, -0.1) is 0 Å². The molecule has 0 fully saturated rings. The molecule has 0 saturated heterocycles. The number of allylic oxidation sites excluding steroid dienone is 4. The van der Waals surface area contributed by atoms with Gasteiger partial charge >= 0.3 is 81.1 Å². The first kappa shape index (κ1) is 25.1. The molecule has 0 aromatic rings. The van der Waals surface area contributed by atoms with E-state index >= 15 is 0 Å². The predicted molar refractivity (Wildman–Crippen MR) is 89.8 cm³/mol. The maximum atomic E-state index is 2.75. The molecule has 0 radical (unpaired) electrons. The van der Waals surface area contributed by atoms with Crippen LogP contribution in [0.2, 0.25) is 0 Å². The largest absolute Gasteiger partial charge is 0.323 e. The summed E-state index contributed by atoms with van der Waals surface area (Å²) in [5.74, 6) is 0. The molecule has 0 saturated carbocycles. The zero-order valence-electron chi connectivity index (χ0n) is 15.5. The monoisotopic (exact) mass is 318 g/mol. The molecule has 0 heterocycles. The Kier molecular flexibility index (Phi) is 17.6. The third kappa shape index (κ3) is 9.09. The van der Waals surface area contributed by atoms with Crippen LogP contribution in [0.1, 0.15) is 34.6 Å². The van der Waals surface area contributed by atoms with Crippen LogP contribution in [-0.2, 0) is 20.4 Å². The second-order valence-electron chi connectivity index (χ2n) is 5.38. The second-order valence-corrected chi connectivity index (χ2v) is 6.16. The Hall–Kier alpha value is 0.0743. The molecule has 1 aliphatic carbocycles. The predicted octanol–water partition coefficient (Wildman–Crippen LogP) is 2.69. The molecule has 0 aromatic heterocycles. The van der Waals surface area contributed by atoms with E-state index in [1.54, 1.807) is 0 Å². The van der Waals surface area contributed by atoms with Crippen LogP contribution in [0, 0.1) is 5.41 Å². The van der Waals surface area contributed by atoms with Crippen molar-refractivity contribution in [1.29, 1.82) is 0 Å². The van der Waals surface area contributed by atoms with Crippen molar-refractivity contribution in [3.05, 3.63) is 20.6 Å². The van der Waals surface area contributed by atoms with Crippen molar-refractivity contribution in [2.75, 3.05) is 42.3 Å². The van der Waals surface area contributed by atoms with E-state index < -0.39 is 0 Å². The van der Waals surface area contributed by atoms with Gasteiger partial charge in [-0.3, -0.25) is 0 Å². The van der Waals surface area contributed by atoms with Gasteiger partial charge in [-0.05, 0) is 42.3 Å². The summed E-state index contributed by atoms with van der Waals surface area (Å²) in [6.45, 7) is 11.3. The van der Waals surface area contributed by atoms with E-state index in [2.05, 4.69) is 71.0 Å². The van der Waals surface area contributed by atoms with E-state index in [4.69, 9.17) is 0 Å². The summed E-state index contributed by atoms with van der Waals surface area (Å²) in [7, 11) is 11.2. The van der Waals surface area contributed by atoms with Gasteiger partial charge in [-0.25, -0.2) is 0 Å². The van der Waals surface area contributed by atoms with Crippen LogP contribution in [0.15, 0.2) is 20.6 Å². The zero-order chi connectivity index (χ0) is 16.9. The average Bonchev–Trinajstić information content (AvgIpc) is 2.48. The molecule has 0 atom stereocenters. The second kappa shape index (κ2) is 14.0. The van der Waals surface area contributed by atoms with Gasteiger partial charge in [-0.2, -0.15) is 0 Å². The smallest absolute Gasteiger partial charge is 0.0167 e. The van der Waals surface area contributed by atoms with Gasteiger partial charge in [0.15, 0.2) is 0 Å². The molecule has 0 spiro atoms. The fourth-order valence-corrected chi connectivity index (χ4v) is 2.18. The Balaban J connectivity index is -0.000000268. The molecule has 0 aliphatic heterocycles. The molecular weight excluding hydrogens is 282 g/mol. The van der Waals surface area contributed by atoms with E-state index in [9.17, 15) is 0 Å². The summed E-state index contributed by atoms with van der Waals surface area (Å²) in [6, 6.07) is 0. The number of hydrogen-bond acceptors (Lipinski definition) is 3. The van der Waals surface area contributed by atoms with Gasteiger partial charge in [0, 0.05) is 0 Å². The molecule has 0 aromatic carbocycles. The van der Waals surface area contributed by atoms with Crippen LogP contribution >= 0.6 is 0 Å². The van der Waals surface area contributed by atoms with Gasteiger partial charge < -0.3 is 16.0 Å². The summed E-state index contributed by atoms with van der Waals surface area (Å²) >= 11 is 2.25. The van der Waals surface area contributed by atoms with Crippen molar-refractivity contribution in [1.82, 2.24) is 16.0 Å². The minimum atomic E-state index is 0.314. The van der Waals surface area contributed by atoms with E-state index in [0.717, 1.165) is 0 Å². The van der Waals surface area contributed by atoms with Crippen LogP contribution in [0.5, 0.6) is 0 Å². The van der Waals surface area contributed by atoms with Gasteiger partial charge in [0.25, 0.3) is 0 Å². The van der Waals surface area contributed by atoms with Gasteiger partial charge in [0.05, 0.1) is 0 Å². The van der Waals surface area contributed by atoms with Crippen LogP contribution < -0.4 is 16.0 Å². The standard InChI is InChI=1S/C10H15.3C2H7N.Ti/c1-7-6-10(4,5)9(3)8(7)2;3*1-3-2;/h1-5H3;3*3H,1-2H3;. The summed E-state index contributed by atoms with van der Waals surface area (Å²) in [5.41, 5.74) is 4.83. The molecule has 119 valence electrons. The van der Waals surface area contributed by atoms with Gasteiger partial charge in [-0.1, -0.05) is 0 Å². The zero-order valence-corrected chi connectivity index (χ0v) is 17.1. The first-order valence-corrected chi connectivity index (χ1v) is 7.78. The average molecular weight is 318 g/mol. The normalized spacial score (nSPS) is 15.5. The Morgan fingerprint density at radius 1 is 0.700 bits per heavy atom. The van der Waals surface area contributed by atoms with Crippen LogP contribution in [0.3, 0.4) is 0 Å². The summed E-state index contributed by atoms with van der Waals surface area (Å²) in [5, 5.41) is 8.25. The maximum Gasteiger partial charge on any atom is -0.0167 e. The molecule has 1 rings (SSSR count). The Labute approximate surface area is 139 Å². The van der Waals surface area contributed by atoms with Crippen molar-refractivity contribution in [3.8, 4) is 0 Å². The van der Waals surface area contributed by atoms with Gasteiger partial charge in [0.1, 0.15) is 0 Å². The molecular formula is C16H36N3Ti. The van der Waals surface area contributed by atoms with Crippen molar-refractivity contribution < 1.29 is 20.4 Å². The van der Waals surface area contributed by atoms with E-state index in [0.29, 0.717) is 5.41 Å². The quantitative estimate of drug-likeness (QED) is 0.601. The molecule has 3 nitrogen and oxygen atoms in total. The fraction of sp³-hybridized carbons (Fsp3) is 0.750. The first-order chi connectivity index (χ1) is 9.13. The molecule has 20 heavy (non-hydrogen) atoms. The molecule has 4 heteroatoms. The third-order valence-corrected chi connectivity index (χ3v) is 4.62. The summed E-state index contributed by atoms with van der Waals surface area (Å²) in [4.78, 5) is 0. The van der Waals surface area contributed by atoms with Crippen molar-refractivity contribution in [2.45, 2.75) is 34.6 Å².